The minimum Gasteiger partial charge on any atom is -0.459 e. The summed E-state index contributed by atoms with van der Waals surface area (Å²) < 4.78 is 19.9. The van der Waals surface area contributed by atoms with E-state index in [0.29, 0.717) is 80.6 Å². The van der Waals surface area contributed by atoms with Gasteiger partial charge in [0, 0.05) is 29.1 Å². The Morgan fingerprint density at radius 1 is 0.659 bits per heavy atom. The molecule has 2 aliphatic rings. The fourth-order valence-electron chi connectivity index (χ4n) is 6.39. The van der Waals surface area contributed by atoms with Gasteiger partial charge in [0.1, 0.15) is 11.5 Å². The maximum absolute atomic E-state index is 12.0. The zero-order valence-electron chi connectivity index (χ0n) is 26.7. The average molecular weight is 691 g/mol. The summed E-state index contributed by atoms with van der Waals surface area (Å²) in [6, 6.07) is 8.06. The Morgan fingerprint density at radius 2 is 1.07 bits per heavy atom. The number of hydrogen-bond acceptors (Lipinski definition) is 5. The van der Waals surface area contributed by atoms with Crippen molar-refractivity contribution >= 4 is 46.4 Å². The second-order valence-corrected chi connectivity index (χ2v) is 15.1. The molecule has 5 nitrogen and oxygen atoms in total. The highest BCUT2D eigenvalue weighted by Crippen LogP contribution is 2.54. The zero-order valence-corrected chi connectivity index (χ0v) is 29.7. The van der Waals surface area contributed by atoms with Crippen molar-refractivity contribution in [2.24, 2.45) is 0 Å². The Morgan fingerprint density at radius 3 is 1.48 bits per heavy atom. The third-order valence-electron chi connectivity index (χ3n) is 8.87. The Hall–Kier alpha value is -0.920. The molecule has 2 bridgehead atoms. The van der Waals surface area contributed by atoms with E-state index in [-0.39, 0.29) is 11.3 Å². The Balaban J connectivity index is 1.85. The minimum absolute atomic E-state index is 0.111. The van der Waals surface area contributed by atoms with E-state index in [4.69, 9.17) is 60.6 Å². The summed E-state index contributed by atoms with van der Waals surface area (Å²) in [6.07, 6.45) is 3.34. The summed E-state index contributed by atoms with van der Waals surface area (Å²) in [5.74, 6) is 3.39. The lowest BCUT2D eigenvalue weighted by Crippen LogP contribution is -2.35. The number of benzene rings is 2. The van der Waals surface area contributed by atoms with E-state index in [0.717, 1.165) is 39.1 Å². The summed E-state index contributed by atoms with van der Waals surface area (Å²) in [5, 5.41) is 23.9. The molecule has 0 spiro atoms. The summed E-state index contributed by atoms with van der Waals surface area (Å²) in [7, 11) is 0. The number of hydrogen-bond donors (Lipinski definition) is 2. The van der Waals surface area contributed by atoms with Crippen LogP contribution in [0.25, 0.3) is 0 Å². The Bertz CT molecular complexity index is 1260. The van der Waals surface area contributed by atoms with Gasteiger partial charge in [0.25, 0.3) is 0 Å². The maximum Gasteiger partial charge on any atom is 0.233 e. The molecule has 0 aromatic heterocycles. The van der Waals surface area contributed by atoms with Crippen LogP contribution < -0.4 is 9.47 Å². The summed E-state index contributed by atoms with van der Waals surface area (Å²) in [6.45, 7) is 10.6. The van der Waals surface area contributed by atoms with Crippen LogP contribution in [0.4, 0.5) is 0 Å². The first-order valence-electron chi connectivity index (χ1n) is 15.9. The van der Waals surface area contributed by atoms with E-state index in [1.807, 2.05) is 12.1 Å². The lowest BCUT2D eigenvalue weighted by Gasteiger charge is -2.42. The molecule has 0 radical (unpaired) electrons. The van der Waals surface area contributed by atoms with Crippen LogP contribution in [0.5, 0.6) is 11.5 Å². The molecule has 44 heavy (non-hydrogen) atoms. The molecule has 2 N–H and O–H groups in total. The highest BCUT2D eigenvalue weighted by atomic mass is 35.5. The van der Waals surface area contributed by atoms with Crippen molar-refractivity contribution in [3.63, 3.8) is 0 Å². The number of halogens is 4. The number of rotatable bonds is 15. The molecule has 0 amide bonds. The summed E-state index contributed by atoms with van der Waals surface area (Å²) in [5.41, 5.74) is 2.55. The van der Waals surface area contributed by atoms with Gasteiger partial charge in [0.15, 0.2) is 0 Å². The topological polar surface area (TPSA) is 68.2 Å². The van der Waals surface area contributed by atoms with Gasteiger partial charge in [-0.1, -0.05) is 34.6 Å². The lowest BCUT2D eigenvalue weighted by atomic mass is 9.78. The highest BCUT2D eigenvalue weighted by molar-refractivity contribution is 6.18. The van der Waals surface area contributed by atoms with Gasteiger partial charge in [-0.2, -0.15) is 0 Å². The largest absolute Gasteiger partial charge is 0.459 e. The van der Waals surface area contributed by atoms with Gasteiger partial charge in [0.05, 0.1) is 22.3 Å². The maximum atomic E-state index is 12.0. The average Bonchev–Trinajstić information content (AvgIpc) is 2.99. The molecule has 0 saturated carbocycles. The van der Waals surface area contributed by atoms with Crippen LogP contribution in [0, 0.1) is 0 Å². The number of alkyl halides is 4. The van der Waals surface area contributed by atoms with Gasteiger partial charge in [-0.3, -0.25) is 4.74 Å². The Labute approximate surface area is 283 Å². The zero-order chi connectivity index (χ0) is 32.3. The van der Waals surface area contributed by atoms with Gasteiger partial charge >= 0.3 is 0 Å². The molecular weight excluding hydrogens is 642 g/mol. The SMILES string of the molecule is CC(C)c1cc(C(O)(CCCCl)CCCCl)cc2c1OC1OC2Oc2c1cc(C(O)(CCCCl)CCCCl)cc2C(C)(C)C. The summed E-state index contributed by atoms with van der Waals surface area (Å²) in [4.78, 5) is 0. The molecule has 2 aromatic rings. The first-order chi connectivity index (χ1) is 20.8. The van der Waals surface area contributed by atoms with Crippen molar-refractivity contribution in [3.8, 4) is 11.5 Å². The number of fused-ring (bicyclic) bond motifs is 6. The van der Waals surface area contributed by atoms with E-state index in [2.05, 4.69) is 46.8 Å². The predicted molar refractivity (Wildman–Crippen MR) is 181 cm³/mol. The van der Waals surface area contributed by atoms with Gasteiger partial charge in [-0.05, 0) is 104 Å². The molecule has 2 aliphatic heterocycles. The van der Waals surface area contributed by atoms with E-state index < -0.39 is 23.8 Å². The fourth-order valence-corrected chi connectivity index (χ4v) is 6.92. The standard InChI is InChI=1S/C35H48Cl4O5/c1-22(2)25-18-23(34(40,10-6-14-36)11-7-15-37)19-26-29(25)42-32-27-20-24(35(41,12-8-16-38)13-9-17-39)21-28(33(3,4)5)30(27)43-31(26)44-32/h18-22,31-32,40-41H,6-17H2,1-5H3. The predicted octanol–water partition coefficient (Wildman–Crippen LogP) is 10.1. The number of aliphatic hydroxyl groups is 2. The van der Waals surface area contributed by atoms with Crippen LogP contribution in [0.3, 0.4) is 0 Å². The molecule has 246 valence electrons. The van der Waals surface area contributed by atoms with Crippen LogP contribution >= 0.6 is 46.4 Å². The van der Waals surface area contributed by atoms with Crippen LogP contribution in [-0.2, 0) is 21.4 Å². The van der Waals surface area contributed by atoms with Gasteiger partial charge in [-0.15, -0.1) is 46.4 Å². The molecule has 2 aromatic carbocycles. The van der Waals surface area contributed by atoms with Crippen molar-refractivity contribution < 1.29 is 24.4 Å². The van der Waals surface area contributed by atoms with Crippen molar-refractivity contribution in [1.29, 1.82) is 0 Å². The van der Waals surface area contributed by atoms with Crippen LogP contribution in [-0.4, -0.2) is 33.7 Å². The molecule has 4 rings (SSSR count). The fraction of sp³-hybridized carbons (Fsp3) is 0.657. The van der Waals surface area contributed by atoms with Crippen molar-refractivity contribution in [2.45, 2.75) is 121 Å². The second kappa shape index (κ2) is 14.9. The molecule has 2 heterocycles. The van der Waals surface area contributed by atoms with Crippen molar-refractivity contribution in [2.75, 3.05) is 23.5 Å². The first kappa shape index (κ1) is 35.9. The van der Waals surface area contributed by atoms with Crippen LogP contribution in [0.1, 0.15) is 138 Å². The number of ether oxygens (including phenoxy) is 3. The van der Waals surface area contributed by atoms with Gasteiger partial charge < -0.3 is 19.7 Å². The highest BCUT2D eigenvalue weighted by Gasteiger charge is 2.44. The third kappa shape index (κ3) is 7.62. The molecule has 2 atom stereocenters. The van der Waals surface area contributed by atoms with E-state index in [1.54, 1.807) is 0 Å². The molecule has 0 aliphatic carbocycles. The Kier molecular flexibility index (Phi) is 12.2. The molecule has 2 unspecified atom stereocenters. The lowest BCUT2D eigenvalue weighted by molar-refractivity contribution is -0.228. The second-order valence-electron chi connectivity index (χ2n) is 13.6. The van der Waals surface area contributed by atoms with Crippen LogP contribution in [0.2, 0.25) is 0 Å². The molecule has 0 saturated heterocycles. The van der Waals surface area contributed by atoms with E-state index in [9.17, 15) is 10.2 Å². The molecule has 9 heteroatoms. The smallest absolute Gasteiger partial charge is 0.233 e. The quantitative estimate of drug-likeness (QED) is 0.182. The van der Waals surface area contributed by atoms with E-state index >= 15 is 0 Å². The van der Waals surface area contributed by atoms with E-state index in [1.165, 1.54) is 0 Å². The molecular formula is C35H48Cl4O5. The monoisotopic (exact) mass is 688 g/mol. The first-order valence-corrected chi connectivity index (χ1v) is 18.0. The molecule has 0 fully saturated rings. The van der Waals surface area contributed by atoms with Crippen LogP contribution in [0.15, 0.2) is 24.3 Å². The van der Waals surface area contributed by atoms with Gasteiger partial charge in [-0.25, -0.2) is 0 Å². The summed E-state index contributed by atoms with van der Waals surface area (Å²) >= 11 is 24.3. The minimum atomic E-state index is -1.10. The third-order valence-corrected chi connectivity index (χ3v) is 9.94. The normalized spacial score (nSPS) is 18.1. The van der Waals surface area contributed by atoms with Crippen molar-refractivity contribution in [3.05, 3.63) is 57.6 Å². The van der Waals surface area contributed by atoms with Gasteiger partial charge in [0.2, 0.25) is 12.6 Å². The van der Waals surface area contributed by atoms with Crippen molar-refractivity contribution in [1.82, 2.24) is 0 Å².